The Labute approximate surface area is 148 Å². The predicted octanol–water partition coefficient (Wildman–Crippen LogP) is 3.67. The fourth-order valence-corrected chi connectivity index (χ4v) is 3.36. The normalized spacial score (nSPS) is 12.4. The van der Waals surface area contributed by atoms with Crippen LogP contribution in [-0.2, 0) is 4.79 Å². The third kappa shape index (κ3) is 3.96. The molecule has 6 nitrogen and oxygen atoms in total. The van der Waals surface area contributed by atoms with Gasteiger partial charge in [-0.2, -0.15) is 9.61 Å². The van der Waals surface area contributed by atoms with Crippen molar-refractivity contribution in [3.8, 4) is 11.4 Å². The van der Waals surface area contributed by atoms with Crippen LogP contribution < -0.4 is 0 Å². The molecule has 0 aliphatic heterocycles. The minimum atomic E-state index is -0.852. The zero-order chi connectivity index (χ0) is 17.8. The lowest BCUT2D eigenvalue weighted by Crippen LogP contribution is -2.16. The molecular formula is C17H17FN4O2S. The summed E-state index contributed by atoms with van der Waals surface area (Å²) in [7, 11) is 0. The summed E-state index contributed by atoms with van der Waals surface area (Å²) >= 11 is 1.20. The molecule has 0 spiro atoms. The van der Waals surface area contributed by atoms with E-state index >= 15 is 0 Å². The summed E-state index contributed by atoms with van der Waals surface area (Å²) in [6.45, 7) is 2.02. The summed E-state index contributed by atoms with van der Waals surface area (Å²) in [6.07, 6.45) is 2.36. The molecular weight excluding hydrogens is 343 g/mol. The van der Waals surface area contributed by atoms with Crippen LogP contribution in [0.3, 0.4) is 0 Å². The lowest BCUT2D eigenvalue weighted by atomic mass is 10.2. The van der Waals surface area contributed by atoms with Gasteiger partial charge in [-0.15, -0.1) is 10.2 Å². The number of halogens is 1. The molecule has 8 heteroatoms. The summed E-state index contributed by atoms with van der Waals surface area (Å²) in [4.78, 5) is 11.4. The van der Waals surface area contributed by atoms with Gasteiger partial charge < -0.3 is 5.11 Å². The molecule has 0 aliphatic rings. The number of carbonyl (C=O) groups is 1. The molecule has 1 unspecified atom stereocenters. The maximum absolute atomic E-state index is 13.5. The maximum atomic E-state index is 13.5. The third-order valence-electron chi connectivity index (χ3n) is 3.68. The highest BCUT2D eigenvalue weighted by Crippen LogP contribution is 2.26. The maximum Gasteiger partial charge on any atom is 0.317 e. The van der Waals surface area contributed by atoms with Crippen molar-refractivity contribution in [2.75, 3.05) is 0 Å². The second-order valence-electron chi connectivity index (χ2n) is 5.56. The van der Waals surface area contributed by atoms with Gasteiger partial charge in [0.25, 0.3) is 0 Å². The van der Waals surface area contributed by atoms with Crippen LogP contribution in [-0.4, -0.2) is 36.1 Å². The van der Waals surface area contributed by atoms with Crippen molar-refractivity contribution in [2.45, 2.75) is 36.5 Å². The molecule has 25 heavy (non-hydrogen) atoms. The van der Waals surface area contributed by atoms with E-state index in [4.69, 9.17) is 0 Å². The number of nitrogens with zero attached hydrogens (tertiary/aromatic N) is 4. The molecule has 1 atom stereocenters. The number of hydrogen-bond acceptors (Lipinski definition) is 5. The van der Waals surface area contributed by atoms with Crippen molar-refractivity contribution in [2.24, 2.45) is 0 Å². The smallest absolute Gasteiger partial charge is 0.317 e. The van der Waals surface area contributed by atoms with Crippen LogP contribution in [0.25, 0.3) is 17.0 Å². The summed E-state index contributed by atoms with van der Waals surface area (Å²) in [5.41, 5.74) is 1.08. The Morgan fingerprint density at radius 3 is 2.88 bits per heavy atom. The van der Waals surface area contributed by atoms with E-state index in [1.54, 1.807) is 24.3 Å². The summed E-state index contributed by atoms with van der Waals surface area (Å²) in [5, 5.41) is 21.9. The molecule has 0 bridgehead atoms. The minimum absolute atomic E-state index is 0.370. The highest BCUT2D eigenvalue weighted by Gasteiger charge is 2.20. The fourth-order valence-electron chi connectivity index (χ4n) is 2.41. The van der Waals surface area contributed by atoms with Gasteiger partial charge in [-0.3, -0.25) is 4.79 Å². The molecule has 0 amide bonds. The van der Waals surface area contributed by atoms with E-state index in [9.17, 15) is 14.3 Å². The summed E-state index contributed by atoms with van der Waals surface area (Å²) in [6, 6.07) is 9.49. The highest BCUT2D eigenvalue weighted by molar-refractivity contribution is 8.00. The highest BCUT2D eigenvalue weighted by atomic mass is 32.2. The number of fused-ring (bicyclic) bond motifs is 1. The third-order valence-corrected chi connectivity index (χ3v) is 4.86. The molecule has 2 heterocycles. The number of aromatic nitrogens is 4. The zero-order valence-corrected chi connectivity index (χ0v) is 14.4. The van der Waals surface area contributed by atoms with E-state index in [2.05, 4.69) is 15.3 Å². The Kier molecular flexibility index (Phi) is 5.28. The van der Waals surface area contributed by atoms with Crippen molar-refractivity contribution in [1.82, 2.24) is 19.8 Å². The molecule has 0 fully saturated rings. The number of hydrogen-bond donors (Lipinski definition) is 1. The molecule has 0 saturated heterocycles. The first-order chi connectivity index (χ1) is 12.1. The molecule has 3 rings (SSSR count). The molecule has 0 radical (unpaired) electrons. The van der Waals surface area contributed by atoms with Gasteiger partial charge in [0.15, 0.2) is 11.5 Å². The van der Waals surface area contributed by atoms with Crippen LogP contribution in [0.2, 0.25) is 0 Å². The van der Waals surface area contributed by atoms with Gasteiger partial charge in [0, 0.05) is 5.56 Å². The number of thioether (sulfide) groups is 1. The Morgan fingerprint density at radius 1 is 1.32 bits per heavy atom. The second-order valence-corrected chi connectivity index (χ2v) is 6.79. The van der Waals surface area contributed by atoms with Gasteiger partial charge in [-0.1, -0.05) is 43.7 Å². The van der Waals surface area contributed by atoms with Crippen LogP contribution in [0.5, 0.6) is 0 Å². The first-order valence-electron chi connectivity index (χ1n) is 7.96. The topological polar surface area (TPSA) is 80.4 Å². The Bertz CT molecular complexity index is 899. The Morgan fingerprint density at radius 2 is 2.16 bits per heavy atom. The number of carboxylic acid groups (broad SMARTS) is 1. The van der Waals surface area contributed by atoms with E-state index in [1.807, 2.05) is 6.92 Å². The summed E-state index contributed by atoms with van der Waals surface area (Å²) in [5.74, 6) is -0.808. The van der Waals surface area contributed by atoms with E-state index in [0.29, 0.717) is 28.5 Å². The van der Waals surface area contributed by atoms with E-state index < -0.39 is 11.2 Å². The van der Waals surface area contributed by atoms with Gasteiger partial charge >= 0.3 is 5.97 Å². The minimum Gasteiger partial charge on any atom is -0.480 e. The van der Waals surface area contributed by atoms with Gasteiger partial charge in [0.1, 0.15) is 16.1 Å². The second kappa shape index (κ2) is 7.60. The van der Waals surface area contributed by atoms with E-state index in [-0.39, 0.29) is 5.82 Å². The van der Waals surface area contributed by atoms with Gasteiger partial charge in [-0.05, 0) is 30.7 Å². The molecule has 0 saturated carbocycles. The lowest BCUT2D eigenvalue weighted by molar-refractivity contribution is -0.136. The molecule has 2 aromatic heterocycles. The van der Waals surface area contributed by atoms with Crippen LogP contribution in [0.1, 0.15) is 26.2 Å². The zero-order valence-electron chi connectivity index (χ0n) is 13.6. The van der Waals surface area contributed by atoms with Crippen molar-refractivity contribution in [1.29, 1.82) is 0 Å². The molecule has 3 aromatic rings. The van der Waals surface area contributed by atoms with Crippen molar-refractivity contribution < 1.29 is 14.3 Å². The number of unbranched alkanes of at least 4 members (excludes halogenated alkanes) is 1. The first-order valence-corrected chi connectivity index (χ1v) is 8.84. The monoisotopic (exact) mass is 360 g/mol. The van der Waals surface area contributed by atoms with E-state index in [0.717, 1.165) is 12.8 Å². The number of rotatable bonds is 7. The average Bonchev–Trinajstić information content (AvgIpc) is 3.01. The van der Waals surface area contributed by atoms with Gasteiger partial charge in [0.2, 0.25) is 0 Å². The molecule has 130 valence electrons. The van der Waals surface area contributed by atoms with Crippen molar-refractivity contribution >= 4 is 23.4 Å². The Balaban J connectivity index is 1.93. The van der Waals surface area contributed by atoms with Crippen LogP contribution in [0.15, 0.2) is 41.4 Å². The van der Waals surface area contributed by atoms with Crippen molar-refractivity contribution in [3.05, 3.63) is 42.2 Å². The Hall–Kier alpha value is -2.48. The van der Waals surface area contributed by atoms with Gasteiger partial charge in [-0.25, -0.2) is 4.39 Å². The van der Waals surface area contributed by atoms with Gasteiger partial charge in [0.05, 0.1) is 0 Å². The predicted molar refractivity (Wildman–Crippen MR) is 93.0 cm³/mol. The number of benzene rings is 1. The SMILES string of the molecule is CCCCC(Sc1ccc2nnc(-c3cccc(F)c3)n2n1)C(=O)O. The van der Waals surface area contributed by atoms with Crippen LogP contribution in [0, 0.1) is 5.82 Å². The summed E-state index contributed by atoms with van der Waals surface area (Å²) < 4.78 is 15.0. The van der Waals surface area contributed by atoms with E-state index in [1.165, 1.54) is 28.4 Å². The lowest BCUT2D eigenvalue weighted by Gasteiger charge is -2.10. The van der Waals surface area contributed by atoms with Crippen LogP contribution in [0.4, 0.5) is 4.39 Å². The van der Waals surface area contributed by atoms with Crippen molar-refractivity contribution in [3.63, 3.8) is 0 Å². The largest absolute Gasteiger partial charge is 0.480 e. The fraction of sp³-hybridized carbons (Fsp3) is 0.294. The average molecular weight is 360 g/mol. The molecule has 1 aromatic carbocycles. The number of aliphatic carboxylic acids is 1. The standard InChI is InChI=1S/C17H17FN4O2S/c1-2-3-7-13(17(23)24)25-15-9-8-14-19-20-16(22(14)21-15)11-5-4-6-12(18)10-11/h4-6,8-10,13H,2-3,7H2,1H3,(H,23,24). The number of carboxylic acids is 1. The quantitative estimate of drug-likeness (QED) is 0.648. The molecule has 1 N–H and O–H groups in total. The first kappa shape index (κ1) is 17.3. The molecule has 0 aliphatic carbocycles. The van der Waals surface area contributed by atoms with Crippen LogP contribution >= 0.6 is 11.8 Å².